The molecule has 1 heterocycles. The number of benzene rings is 2. The highest BCUT2D eigenvalue weighted by molar-refractivity contribution is 5.97. The molecule has 0 radical (unpaired) electrons. The Morgan fingerprint density at radius 1 is 0.885 bits per heavy atom. The number of amides is 2. The van der Waals surface area contributed by atoms with Crippen LogP contribution in [0.1, 0.15) is 36.0 Å². The number of rotatable bonds is 5. The minimum atomic E-state index is -2.53. The van der Waals surface area contributed by atoms with E-state index < -0.39 is 18.5 Å². The molecule has 26 heavy (non-hydrogen) atoms. The van der Waals surface area contributed by atoms with Crippen molar-refractivity contribution in [3.63, 3.8) is 0 Å². The topological polar surface area (TPSA) is 58.2 Å². The third-order valence-electron chi connectivity index (χ3n) is 4.71. The molecule has 1 saturated heterocycles. The summed E-state index contributed by atoms with van der Waals surface area (Å²) in [7, 11) is 0. The largest absolute Gasteiger partial charge is 0.342 e. The van der Waals surface area contributed by atoms with E-state index in [1.54, 1.807) is 12.1 Å². The first-order valence-corrected chi connectivity index (χ1v) is 8.48. The third kappa shape index (κ3) is 3.90. The summed E-state index contributed by atoms with van der Waals surface area (Å²) in [6.07, 6.45) is -2.27. The maximum absolute atomic E-state index is 12.6. The van der Waals surface area contributed by atoms with E-state index in [4.69, 9.17) is 0 Å². The molecule has 136 valence electrons. The molecule has 2 N–H and O–H groups in total. The molecule has 1 aliphatic heterocycles. The van der Waals surface area contributed by atoms with E-state index in [2.05, 4.69) is 10.6 Å². The standard InChI is InChI=1S/C20H20F2N2O2/c1-12(14-5-3-2-4-6-14)17-20(26)23-16(19(25)24-17)11-13-7-9-15(10-8-13)18(21)22/h2-10,12,16-18H,11H2,1H3,(H,23,26)(H,24,25). The van der Waals surface area contributed by atoms with Crippen LogP contribution in [-0.4, -0.2) is 23.9 Å². The van der Waals surface area contributed by atoms with Crippen LogP contribution in [0.3, 0.4) is 0 Å². The Bertz CT molecular complexity index is 778. The highest BCUT2D eigenvalue weighted by Gasteiger charge is 2.37. The fraction of sp³-hybridized carbons (Fsp3) is 0.300. The van der Waals surface area contributed by atoms with E-state index in [0.717, 1.165) is 5.56 Å². The summed E-state index contributed by atoms with van der Waals surface area (Å²) in [5.74, 6) is -0.670. The SMILES string of the molecule is CC(c1ccccc1)C1NC(=O)C(Cc2ccc(C(F)F)cc2)NC1=O. The third-order valence-corrected chi connectivity index (χ3v) is 4.71. The quantitative estimate of drug-likeness (QED) is 0.863. The van der Waals surface area contributed by atoms with Crippen molar-refractivity contribution in [3.05, 3.63) is 71.3 Å². The summed E-state index contributed by atoms with van der Waals surface area (Å²) in [4.78, 5) is 24.9. The number of halogens is 2. The summed E-state index contributed by atoms with van der Waals surface area (Å²) >= 11 is 0. The average Bonchev–Trinajstić information content (AvgIpc) is 2.65. The lowest BCUT2D eigenvalue weighted by atomic mass is 9.90. The number of hydrogen-bond acceptors (Lipinski definition) is 2. The van der Waals surface area contributed by atoms with Crippen molar-refractivity contribution in [3.8, 4) is 0 Å². The molecule has 0 spiro atoms. The van der Waals surface area contributed by atoms with Gasteiger partial charge < -0.3 is 10.6 Å². The van der Waals surface area contributed by atoms with Crippen LogP contribution in [0, 0.1) is 0 Å². The summed E-state index contributed by atoms with van der Waals surface area (Å²) in [6.45, 7) is 1.89. The van der Waals surface area contributed by atoms with E-state index in [0.29, 0.717) is 5.56 Å². The minimum Gasteiger partial charge on any atom is -0.342 e. The van der Waals surface area contributed by atoms with Gasteiger partial charge in [0.1, 0.15) is 12.1 Å². The zero-order chi connectivity index (χ0) is 18.7. The van der Waals surface area contributed by atoms with Crippen molar-refractivity contribution in [2.24, 2.45) is 0 Å². The van der Waals surface area contributed by atoms with Gasteiger partial charge in [-0.15, -0.1) is 0 Å². The summed E-state index contributed by atoms with van der Waals surface area (Å²) < 4.78 is 25.2. The van der Waals surface area contributed by atoms with Gasteiger partial charge in [-0.2, -0.15) is 0 Å². The predicted octanol–water partition coefficient (Wildman–Crippen LogP) is 2.95. The Kier molecular flexibility index (Phi) is 5.30. The molecule has 2 aromatic rings. The molecule has 1 fully saturated rings. The Hall–Kier alpha value is -2.76. The van der Waals surface area contributed by atoms with E-state index in [1.807, 2.05) is 37.3 Å². The lowest BCUT2D eigenvalue weighted by Crippen LogP contribution is -2.63. The molecule has 2 aromatic carbocycles. The van der Waals surface area contributed by atoms with Gasteiger partial charge in [0.2, 0.25) is 11.8 Å². The highest BCUT2D eigenvalue weighted by Crippen LogP contribution is 2.22. The van der Waals surface area contributed by atoms with Crippen LogP contribution in [0.4, 0.5) is 8.78 Å². The Labute approximate surface area is 150 Å². The van der Waals surface area contributed by atoms with Crippen LogP contribution >= 0.6 is 0 Å². The molecule has 0 saturated carbocycles. The highest BCUT2D eigenvalue weighted by atomic mass is 19.3. The average molecular weight is 358 g/mol. The Balaban J connectivity index is 1.66. The monoisotopic (exact) mass is 358 g/mol. The molecule has 0 bridgehead atoms. The number of hydrogen-bond donors (Lipinski definition) is 2. The van der Waals surface area contributed by atoms with Crippen molar-refractivity contribution < 1.29 is 18.4 Å². The van der Waals surface area contributed by atoms with Gasteiger partial charge in [-0.25, -0.2) is 8.78 Å². The fourth-order valence-corrected chi connectivity index (χ4v) is 3.13. The number of alkyl halides is 2. The molecule has 4 nitrogen and oxygen atoms in total. The molecule has 1 aliphatic rings. The van der Waals surface area contributed by atoms with Crippen LogP contribution in [0.5, 0.6) is 0 Å². The Morgan fingerprint density at radius 2 is 1.54 bits per heavy atom. The van der Waals surface area contributed by atoms with E-state index in [1.165, 1.54) is 12.1 Å². The zero-order valence-corrected chi connectivity index (χ0v) is 14.3. The van der Waals surface area contributed by atoms with Gasteiger partial charge in [0, 0.05) is 17.9 Å². The van der Waals surface area contributed by atoms with Crippen molar-refractivity contribution in [1.29, 1.82) is 0 Å². The van der Waals surface area contributed by atoms with Gasteiger partial charge in [-0.1, -0.05) is 61.5 Å². The van der Waals surface area contributed by atoms with E-state index >= 15 is 0 Å². The first kappa shape index (κ1) is 18.0. The van der Waals surface area contributed by atoms with Crippen molar-refractivity contribution in [2.45, 2.75) is 37.8 Å². The van der Waals surface area contributed by atoms with Crippen molar-refractivity contribution in [1.82, 2.24) is 10.6 Å². The molecule has 3 rings (SSSR count). The second kappa shape index (κ2) is 7.64. The van der Waals surface area contributed by atoms with Crippen LogP contribution in [0.2, 0.25) is 0 Å². The van der Waals surface area contributed by atoms with Crippen molar-refractivity contribution in [2.75, 3.05) is 0 Å². The lowest BCUT2D eigenvalue weighted by molar-refractivity contribution is -0.137. The predicted molar refractivity (Wildman–Crippen MR) is 93.8 cm³/mol. The molecule has 3 unspecified atom stereocenters. The van der Waals surface area contributed by atoms with Gasteiger partial charge in [0.25, 0.3) is 6.43 Å². The second-order valence-electron chi connectivity index (χ2n) is 6.49. The van der Waals surface area contributed by atoms with Gasteiger partial charge >= 0.3 is 0 Å². The van der Waals surface area contributed by atoms with Gasteiger partial charge in [0.05, 0.1) is 0 Å². The van der Waals surface area contributed by atoms with Crippen LogP contribution in [0.15, 0.2) is 54.6 Å². The van der Waals surface area contributed by atoms with Crippen molar-refractivity contribution >= 4 is 11.8 Å². The first-order valence-electron chi connectivity index (χ1n) is 8.48. The van der Waals surface area contributed by atoms with Crippen LogP contribution in [0.25, 0.3) is 0 Å². The zero-order valence-electron chi connectivity index (χ0n) is 14.3. The first-order chi connectivity index (χ1) is 12.5. The van der Waals surface area contributed by atoms with Gasteiger partial charge in [0.15, 0.2) is 0 Å². The number of piperazine rings is 1. The molecule has 3 atom stereocenters. The van der Waals surface area contributed by atoms with E-state index in [9.17, 15) is 18.4 Å². The normalized spacial score (nSPS) is 21.2. The minimum absolute atomic E-state index is 0.0670. The fourth-order valence-electron chi connectivity index (χ4n) is 3.13. The molecule has 0 aromatic heterocycles. The number of carbonyl (C=O) groups is 2. The number of nitrogens with one attached hydrogen (secondary N) is 2. The van der Waals surface area contributed by atoms with Crippen LogP contribution in [-0.2, 0) is 16.0 Å². The lowest BCUT2D eigenvalue weighted by Gasteiger charge is -2.33. The summed E-state index contributed by atoms with van der Waals surface area (Å²) in [6, 6.07) is 13.9. The molecule has 2 amide bonds. The molecule has 0 aliphatic carbocycles. The van der Waals surface area contributed by atoms with Crippen LogP contribution < -0.4 is 10.6 Å². The van der Waals surface area contributed by atoms with E-state index in [-0.39, 0.29) is 29.7 Å². The van der Waals surface area contributed by atoms with Gasteiger partial charge in [-0.3, -0.25) is 9.59 Å². The molecular formula is C20H20F2N2O2. The Morgan fingerprint density at radius 3 is 2.15 bits per heavy atom. The molecular weight excluding hydrogens is 338 g/mol. The maximum atomic E-state index is 12.6. The second-order valence-corrected chi connectivity index (χ2v) is 6.49. The van der Waals surface area contributed by atoms with Gasteiger partial charge in [-0.05, 0) is 11.1 Å². The maximum Gasteiger partial charge on any atom is 0.263 e. The number of carbonyl (C=O) groups excluding carboxylic acids is 2. The summed E-state index contributed by atoms with van der Waals surface area (Å²) in [5.41, 5.74) is 1.61. The smallest absolute Gasteiger partial charge is 0.263 e. The molecule has 6 heteroatoms. The summed E-state index contributed by atoms with van der Waals surface area (Å²) in [5, 5.41) is 5.55.